The Morgan fingerprint density at radius 1 is 1.07 bits per heavy atom. The minimum Gasteiger partial charge on any atom is -0.496 e. The van der Waals surface area contributed by atoms with E-state index in [1.54, 1.807) is 7.11 Å². The third-order valence-electron chi connectivity index (χ3n) is 5.64. The summed E-state index contributed by atoms with van der Waals surface area (Å²) in [5, 5.41) is 3.06. The number of hydrogen-bond acceptors (Lipinski definition) is 3. The summed E-state index contributed by atoms with van der Waals surface area (Å²) in [7, 11) is 1.68. The summed E-state index contributed by atoms with van der Waals surface area (Å²) in [5.41, 5.74) is 5.16. The second-order valence-corrected chi connectivity index (χ2v) is 7.94. The molecule has 3 rings (SSSR count). The number of urea groups is 1. The quantitative estimate of drug-likeness (QED) is 0.797. The minimum atomic E-state index is 0.0217. The molecule has 156 valence electrons. The molecule has 1 fully saturated rings. The molecule has 0 saturated carbocycles. The smallest absolute Gasteiger partial charge is 0.317 e. The SMILES string of the molecule is COc1ccccc1CCNC(=O)N1CCN(c2c(C)cccc2C(C)C)CC1. The van der Waals surface area contributed by atoms with E-state index >= 15 is 0 Å². The van der Waals surface area contributed by atoms with E-state index in [0.717, 1.165) is 43.9 Å². The largest absolute Gasteiger partial charge is 0.496 e. The maximum atomic E-state index is 12.6. The van der Waals surface area contributed by atoms with Crippen molar-refractivity contribution in [2.45, 2.75) is 33.1 Å². The van der Waals surface area contributed by atoms with Crippen molar-refractivity contribution in [3.8, 4) is 5.75 Å². The number of piperazine rings is 1. The van der Waals surface area contributed by atoms with Crippen LogP contribution in [0, 0.1) is 6.92 Å². The van der Waals surface area contributed by atoms with Gasteiger partial charge in [0.1, 0.15) is 5.75 Å². The lowest BCUT2D eigenvalue weighted by Gasteiger charge is -2.38. The predicted octanol–water partition coefficient (Wildman–Crippen LogP) is 4.20. The Hall–Kier alpha value is -2.69. The monoisotopic (exact) mass is 395 g/mol. The predicted molar refractivity (Wildman–Crippen MR) is 119 cm³/mol. The third-order valence-corrected chi connectivity index (χ3v) is 5.64. The van der Waals surface area contributed by atoms with Gasteiger partial charge in [0.2, 0.25) is 0 Å². The lowest BCUT2D eigenvalue weighted by atomic mass is 9.97. The zero-order chi connectivity index (χ0) is 20.8. The van der Waals surface area contributed by atoms with Gasteiger partial charge in [-0.05, 0) is 42.0 Å². The molecule has 1 aliphatic heterocycles. The van der Waals surface area contributed by atoms with Crippen LogP contribution in [0.1, 0.15) is 36.5 Å². The van der Waals surface area contributed by atoms with Crippen LogP contribution in [-0.4, -0.2) is 50.8 Å². The topological polar surface area (TPSA) is 44.8 Å². The van der Waals surface area contributed by atoms with Gasteiger partial charge >= 0.3 is 6.03 Å². The summed E-state index contributed by atoms with van der Waals surface area (Å²) in [4.78, 5) is 16.9. The number of benzene rings is 2. The number of nitrogens with one attached hydrogen (secondary N) is 1. The highest BCUT2D eigenvalue weighted by Gasteiger charge is 2.24. The molecule has 2 amide bonds. The lowest BCUT2D eigenvalue weighted by molar-refractivity contribution is 0.194. The number of carbonyl (C=O) groups excluding carboxylic acids is 1. The van der Waals surface area contributed by atoms with Crippen LogP contribution in [0.5, 0.6) is 5.75 Å². The molecule has 2 aromatic rings. The van der Waals surface area contributed by atoms with Gasteiger partial charge < -0.3 is 19.9 Å². The molecule has 1 saturated heterocycles. The molecule has 1 heterocycles. The molecule has 5 nitrogen and oxygen atoms in total. The maximum Gasteiger partial charge on any atom is 0.317 e. The van der Waals surface area contributed by atoms with Crippen LogP contribution in [0.15, 0.2) is 42.5 Å². The average Bonchev–Trinajstić information content (AvgIpc) is 2.74. The number of nitrogens with zero attached hydrogens (tertiary/aromatic N) is 2. The normalized spacial score (nSPS) is 14.2. The van der Waals surface area contributed by atoms with Gasteiger partial charge in [0.25, 0.3) is 0 Å². The Kier molecular flexibility index (Phi) is 7.02. The Labute approximate surface area is 174 Å². The van der Waals surface area contributed by atoms with Crippen LogP contribution in [0.3, 0.4) is 0 Å². The molecule has 29 heavy (non-hydrogen) atoms. The molecule has 1 N–H and O–H groups in total. The number of aryl methyl sites for hydroxylation is 1. The van der Waals surface area contributed by atoms with Gasteiger partial charge in [-0.3, -0.25) is 0 Å². The molecular weight excluding hydrogens is 362 g/mol. The maximum absolute atomic E-state index is 12.6. The summed E-state index contributed by atoms with van der Waals surface area (Å²) >= 11 is 0. The van der Waals surface area contributed by atoms with Crippen LogP contribution in [0.25, 0.3) is 0 Å². The van der Waals surface area contributed by atoms with E-state index in [1.807, 2.05) is 29.2 Å². The van der Waals surface area contributed by atoms with E-state index < -0.39 is 0 Å². The van der Waals surface area contributed by atoms with E-state index in [2.05, 4.69) is 49.2 Å². The van der Waals surface area contributed by atoms with E-state index in [0.29, 0.717) is 12.5 Å². The van der Waals surface area contributed by atoms with E-state index in [9.17, 15) is 4.79 Å². The van der Waals surface area contributed by atoms with Gasteiger partial charge in [-0.25, -0.2) is 4.79 Å². The molecule has 0 spiro atoms. The molecule has 0 atom stereocenters. The number of amides is 2. The second-order valence-electron chi connectivity index (χ2n) is 7.94. The van der Waals surface area contributed by atoms with Crippen molar-refractivity contribution in [1.82, 2.24) is 10.2 Å². The van der Waals surface area contributed by atoms with Crippen molar-refractivity contribution in [2.24, 2.45) is 0 Å². The molecule has 5 heteroatoms. The van der Waals surface area contributed by atoms with Crippen LogP contribution < -0.4 is 15.0 Å². The van der Waals surface area contributed by atoms with Crippen molar-refractivity contribution in [3.63, 3.8) is 0 Å². The zero-order valence-corrected chi connectivity index (χ0v) is 18.1. The van der Waals surface area contributed by atoms with E-state index in [4.69, 9.17) is 4.74 Å². The van der Waals surface area contributed by atoms with Gasteiger partial charge in [-0.1, -0.05) is 50.2 Å². The summed E-state index contributed by atoms with van der Waals surface area (Å²) < 4.78 is 5.38. The molecule has 0 radical (unpaired) electrons. The first-order chi connectivity index (χ1) is 14.0. The molecule has 0 aliphatic carbocycles. The molecule has 1 aliphatic rings. The van der Waals surface area contributed by atoms with Gasteiger partial charge in [-0.15, -0.1) is 0 Å². The fourth-order valence-corrected chi connectivity index (χ4v) is 4.04. The summed E-state index contributed by atoms with van der Waals surface area (Å²) in [6, 6.07) is 14.5. The van der Waals surface area contributed by atoms with E-state index in [-0.39, 0.29) is 6.03 Å². The number of para-hydroxylation sites is 2. The first kappa shape index (κ1) is 21.0. The second kappa shape index (κ2) is 9.68. The Bertz CT molecular complexity index is 827. The van der Waals surface area contributed by atoms with Gasteiger partial charge in [-0.2, -0.15) is 0 Å². The highest BCUT2D eigenvalue weighted by molar-refractivity contribution is 5.74. The highest BCUT2D eigenvalue weighted by Crippen LogP contribution is 2.31. The molecular formula is C24H33N3O2. The van der Waals surface area contributed by atoms with Crippen LogP contribution in [0.2, 0.25) is 0 Å². The van der Waals surface area contributed by atoms with Gasteiger partial charge in [0, 0.05) is 38.4 Å². The van der Waals surface area contributed by atoms with Crippen molar-refractivity contribution >= 4 is 11.7 Å². The summed E-state index contributed by atoms with van der Waals surface area (Å²) in [5.74, 6) is 1.36. The minimum absolute atomic E-state index is 0.0217. The summed E-state index contributed by atoms with van der Waals surface area (Å²) in [6.45, 7) is 10.5. The number of carbonyl (C=O) groups is 1. The van der Waals surface area contributed by atoms with Crippen molar-refractivity contribution in [3.05, 3.63) is 59.2 Å². The van der Waals surface area contributed by atoms with Crippen molar-refractivity contribution in [2.75, 3.05) is 44.7 Å². The Balaban J connectivity index is 1.53. The van der Waals surface area contributed by atoms with Crippen molar-refractivity contribution < 1.29 is 9.53 Å². The number of hydrogen-bond donors (Lipinski definition) is 1. The third kappa shape index (κ3) is 5.03. The van der Waals surface area contributed by atoms with Crippen LogP contribution in [0.4, 0.5) is 10.5 Å². The number of anilines is 1. The summed E-state index contributed by atoms with van der Waals surface area (Å²) in [6.07, 6.45) is 0.761. The number of methoxy groups -OCH3 is 1. The fourth-order valence-electron chi connectivity index (χ4n) is 4.04. The van der Waals surface area contributed by atoms with Crippen LogP contribution in [-0.2, 0) is 6.42 Å². The van der Waals surface area contributed by atoms with Gasteiger partial charge in [0.15, 0.2) is 0 Å². The first-order valence-corrected chi connectivity index (χ1v) is 10.5. The van der Waals surface area contributed by atoms with Crippen molar-refractivity contribution in [1.29, 1.82) is 0 Å². The van der Waals surface area contributed by atoms with Crippen LogP contribution >= 0.6 is 0 Å². The zero-order valence-electron chi connectivity index (χ0n) is 18.1. The highest BCUT2D eigenvalue weighted by atomic mass is 16.5. The number of rotatable bonds is 6. The van der Waals surface area contributed by atoms with Gasteiger partial charge in [0.05, 0.1) is 7.11 Å². The fraction of sp³-hybridized carbons (Fsp3) is 0.458. The molecule has 0 aromatic heterocycles. The average molecular weight is 396 g/mol. The first-order valence-electron chi connectivity index (χ1n) is 10.5. The Morgan fingerprint density at radius 3 is 2.48 bits per heavy atom. The molecule has 0 bridgehead atoms. The lowest BCUT2D eigenvalue weighted by Crippen LogP contribution is -2.52. The van der Waals surface area contributed by atoms with E-state index in [1.165, 1.54) is 16.8 Å². The Morgan fingerprint density at radius 2 is 1.79 bits per heavy atom. The molecule has 2 aromatic carbocycles. The standard InChI is InChI=1S/C24H33N3O2/c1-18(2)21-10-7-8-19(3)23(21)26-14-16-27(17-15-26)24(28)25-13-12-20-9-5-6-11-22(20)29-4/h5-11,18H,12-17H2,1-4H3,(H,25,28). The molecule has 0 unspecified atom stereocenters. The number of ether oxygens (including phenoxy) is 1.